The second-order valence-corrected chi connectivity index (χ2v) is 5.31. The zero-order valence-corrected chi connectivity index (χ0v) is 12.9. The first-order valence-corrected chi connectivity index (χ1v) is 6.59. The van der Waals surface area contributed by atoms with Gasteiger partial charge in [-0.2, -0.15) is 0 Å². The van der Waals surface area contributed by atoms with Crippen LogP contribution in [-0.2, 0) is 9.59 Å². The number of carboxylic acid groups (broad SMARTS) is 1. The van der Waals surface area contributed by atoms with E-state index < -0.39 is 11.9 Å². The van der Waals surface area contributed by atoms with Gasteiger partial charge in [-0.15, -0.1) is 0 Å². The summed E-state index contributed by atoms with van der Waals surface area (Å²) in [5.74, 6) is -1.55. The van der Waals surface area contributed by atoms with Gasteiger partial charge in [-0.05, 0) is 57.8 Å². The number of carbonyl (C=O) groups excluding carboxylic acids is 1. The Morgan fingerprint density at radius 3 is 2.06 bits per heavy atom. The highest BCUT2D eigenvalue weighted by molar-refractivity contribution is 9.11. The third-order valence-electron chi connectivity index (χ3n) is 2.43. The summed E-state index contributed by atoms with van der Waals surface area (Å²) in [5.41, 5.74) is 0.765. The van der Waals surface area contributed by atoms with Crippen molar-refractivity contribution in [1.29, 1.82) is 0 Å². The third-order valence-corrected chi connectivity index (χ3v) is 3.75. The van der Waals surface area contributed by atoms with Crippen LogP contribution in [0.25, 0.3) is 0 Å². The molecule has 0 aliphatic heterocycles. The van der Waals surface area contributed by atoms with Gasteiger partial charge < -0.3 is 10.4 Å². The van der Waals surface area contributed by atoms with E-state index in [0.717, 1.165) is 0 Å². The van der Waals surface area contributed by atoms with Crippen LogP contribution in [0.3, 0.4) is 0 Å². The summed E-state index contributed by atoms with van der Waals surface area (Å²) in [6.45, 7) is 2.87. The van der Waals surface area contributed by atoms with Crippen LogP contribution in [0.5, 0.6) is 0 Å². The molecule has 2 N–H and O–H groups in total. The van der Waals surface area contributed by atoms with E-state index >= 15 is 0 Å². The fraction of sp³-hybridized carbons (Fsp3) is 0.167. The van der Waals surface area contributed by atoms with Gasteiger partial charge in [-0.1, -0.05) is 6.07 Å². The van der Waals surface area contributed by atoms with Crippen molar-refractivity contribution < 1.29 is 14.7 Å². The van der Waals surface area contributed by atoms with Gasteiger partial charge in [-0.25, -0.2) is 4.79 Å². The van der Waals surface area contributed by atoms with Gasteiger partial charge in [0.1, 0.15) is 0 Å². The maximum atomic E-state index is 11.9. The van der Waals surface area contributed by atoms with Gasteiger partial charge in [0, 0.05) is 20.1 Å². The van der Waals surface area contributed by atoms with Crippen molar-refractivity contribution in [3.63, 3.8) is 0 Å². The summed E-state index contributed by atoms with van der Waals surface area (Å²) in [5, 5.41) is 11.5. The lowest BCUT2D eigenvalue weighted by atomic mass is 10.1. The summed E-state index contributed by atoms with van der Waals surface area (Å²) in [7, 11) is 0. The van der Waals surface area contributed by atoms with Crippen molar-refractivity contribution >= 4 is 49.4 Å². The molecule has 6 heteroatoms. The van der Waals surface area contributed by atoms with Gasteiger partial charge >= 0.3 is 5.97 Å². The molecule has 0 atom stereocenters. The molecule has 0 saturated heterocycles. The van der Waals surface area contributed by atoms with E-state index in [0.29, 0.717) is 14.6 Å². The Labute approximate surface area is 121 Å². The summed E-state index contributed by atoms with van der Waals surface area (Å²) >= 11 is 6.63. The summed E-state index contributed by atoms with van der Waals surface area (Å²) in [6, 6.07) is 5.38. The largest absolute Gasteiger partial charge is 0.478 e. The first-order valence-electron chi connectivity index (χ1n) is 5.00. The Hall–Kier alpha value is -1.14. The number of benzene rings is 1. The van der Waals surface area contributed by atoms with Crippen molar-refractivity contribution in [2.45, 2.75) is 13.8 Å². The Bertz CT molecular complexity index is 518. The Balaban J connectivity index is 3.03. The van der Waals surface area contributed by atoms with Gasteiger partial charge in [0.25, 0.3) is 5.91 Å². The fourth-order valence-corrected chi connectivity index (χ4v) is 2.35. The summed E-state index contributed by atoms with van der Waals surface area (Å²) < 4.78 is 1.43. The third kappa shape index (κ3) is 3.43. The average Bonchev–Trinajstić information content (AvgIpc) is 2.31. The maximum absolute atomic E-state index is 11.9. The second kappa shape index (κ2) is 6.15. The van der Waals surface area contributed by atoms with Crippen molar-refractivity contribution in [2.24, 2.45) is 0 Å². The average molecular weight is 377 g/mol. The van der Waals surface area contributed by atoms with Crippen LogP contribution in [0.2, 0.25) is 0 Å². The van der Waals surface area contributed by atoms with Crippen LogP contribution in [0.15, 0.2) is 38.3 Å². The number of halogens is 2. The molecule has 0 aliphatic carbocycles. The molecule has 0 saturated carbocycles. The number of nitrogens with one attached hydrogen (secondary N) is 1. The molecule has 0 fully saturated rings. The molecule has 0 spiro atoms. The Kier molecular flexibility index (Phi) is 5.10. The van der Waals surface area contributed by atoms with E-state index in [-0.39, 0.29) is 11.1 Å². The monoisotopic (exact) mass is 375 g/mol. The van der Waals surface area contributed by atoms with Crippen LogP contribution < -0.4 is 5.32 Å². The Morgan fingerprint density at radius 2 is 1.61 bits per heavy atom. The van der Waals surface area contributed by atoms with E-state index in [9.17, 15) is 9.59 Å². The molecule has 0 bridgehead atoms. The fourth-order valence-electron chi connectivity index (χ4n) is 1.16. The van der Waals surface area contributed by atoms with Gasteiger partial charge in [0.15, 0.2) is 0 Å². The molecule has 1 aromatic carbocycles. The van der Waals surface area contributed by atoms with Gasteiger partial charge in [-0.3, -0.25) is 4.79 Å². The molecular weight excluding hydrogens is 366 g/mol. The summed E-state index contributed by atoms with van der Waals surface area (Å²) in [6.07, 6.45) is 0. The highest BCUT2D eigenvalue weighted by Gasteiger charge is 2.15. The van der Waals surface area contributed by atoms with Crippen LogP contribution >= 0.6 is 31.9 Å². The molecule has 0 aromatic heterocycles. The molecule has 1 rings (SSSR count). The molecule has 18 heavy (non-hydrogen) atoms. The predicted molar refractivity (Wildman–Crippen MR) is 76.5 cm³/mol. The maximum Gasteiger partial charge on any atom is 0.331 e. The van der Waals surface area contributed by atoms with E-state index in [1.54, 1.807) is 12.1 Å². The molecule has 96 valence electrons. The lowest BCUT2D eigenvalue weighted by Crippen LogP contribution is -2.16. The van der Waals surface area contributed by atoms with Gasteiger partial charge in [0.05, 0.1) is 5.69 Å². The number of amides is 1. The standard InChI is InChI=1S/C12H11Br2NO3/c1-6(7(2)12(17)18)11(16)15-10-8(13)4-3-5-9(10)14/h3-5H,1-2H3,(H,15,16)(H,17,18)/b7-6+. The number of hydrogen-bond donors (Lipinski definition) is 2. The molecule has 0 radical (unpaired) electrons. The quantitative estimate of drug-likeness (QED) is 0.792. The first kappa shape index (κ1) is 14.9. The lowest BCUT2D eigenvalue weighted by Gasteiger charge is -2.10. The Morgan fingerprint density at radius 1 is 1.11 bits per heavy atom. The van der Waals surface area contributed by atoms with Crippen LogP contribution in [-0.4, -0.2) is 17.0 Å². The topological polar surface area (TPSA) is 66.4 Å². The summed E-state index contributed by atoms with van der Waals surface area (Å²) in [4.78, 5) is 22.7. The SMILES string of the molecule is C/C(C(=O)O)=C(/C)C(=O)Nc1c(Br)cccc1Br. The zero-order chi connectivity index (χ0) is 13.9. The van der Waals surface area contributed by atoms with Crippen molar-refractivity contribution in [1.82, 2.24) is 0 Å². The number of carboxylic acids is 1. The van der Waals surface area contributed by atoms with Gasteiger partial charge in [0.2, 0.25) is 0 Å². The lowest BCUT2D eigenvalue weighted by molar-refractivity contribution is -0.133. The predicted octanol–water partition coefficient (Wildman–Crippen LogP) is 3.57. The number of carbonyl (C=O) groups is 2. The van der Waals surface area contributed by atoms with E-state index in [2.05, 4.69) is 37.2 Å². The van der Waals surface area contributed by atoms with E-state index in [1.165, 1.54) is 13.8 Å². The highest BCUT2D eigenvalue weighted by atomic mass is 79.9. The number of anilines is 1. The van der Waals surface area contributed by atoms with Crippen LogP contribution in [0.4, 0.5) is 5.69 Å². The minimum Gasteiger partial charge on any atom is -0.478 e. The highest BCUT2D eigenvalue weighted by Crippen LogP contribution is 2.30. The molecular formula is C12H11Br2NO3. The van der Waals surface area contributed by atoms with Crippen molar-refractivity contribution in [3.05, 3.63) is 38.3 Å². The number of aliphatic carboxylic acids is 1. The molecule has 1 aromatic rings. The zero-order valence-electron chi connectivity index (χ0n) is 9.75. The van der Waals surface area contributed by atoms with Crippen molar-refractivity contribution in [3.8, 4) is 0 Å². The molecule has 0 heterocycles. The molecule has 1 amide bonds. The van der Waals surface area contributed by atoms with E-state index in [1.807, 2.05) is 6.07 Å². The minimum atomic E-state index is -1.10. The second-order valence-electron chi connectivity index (χ2n) is 3.61. The normalized spacial score (nSPS) is 11.8. The minimum absolute atomic E-state index is 0.0238. The van der Waals surface area contributed by atoms with Crippen LogP contribution in [0, 0.1) is 0 Å². The molecule has 0 aliphatic rings. The molecule has 0 unspecified atom stereocenters. The number of hydrogen-bond acceptors (Lipinski definition) is 2. The van der Waals surface area contributed by atoms with Crippen LogP contribution in [0.1, 0.15) is 13.8 Å². The van der Waals surface area contributed by atoms with Crippen molar-refractivity contribution in [2.75, 3.05) is 5.32 Å². The number of para-hydroxylation sites is 1. The molecule has 4 nitrogen and oxygen atoms in total. The van der Waals surface area contributed by atoms with E-state index in [4.69, 9.17) is 5.11 Å². The number of rotatable bonds is 3. The smallest absolute Gasteiger partial charge is 0.331 e. The first-order chi connectivity index (χ1) is 8.34.